The molecule has 4 aliphatic rings. The number of ether oxygens (including phenoxy) is 4. The van der Waals surface area contributed by atoms with E-state index in [1.165, 1.54) is 0 Å². The van der Waals surface area contributed by atoms with Crippen molar-refractivity contribution in [1.29, 1.82) is 0 Å². The summed E-state index contributed by atoms with van der Waals surface area (Å²) in [5.41, 5.74) is 1.38. The lowest BCUT2D eigenvalue weighted by Crippen LogP contribution is -2.45. The first-order valence-corrected chi connectivity index (χ1v) is 13.0. The quantitative estimate of drug-likeness (QED) is 0.553. The highest BCUT2D eigenvalue weighted by Crippen LogP contribution is 2.31. The Morgan fingerprint density at radius 1 is 1.05 bits per heavy atom. The van der Waals surface area contributed by atoms with Crippen molar-refractivity contribution < 1.29 is 28.5 Å². The Morgan fingerprint density at radius 2 is 1.89 bits per heavy atom. The molecule has 9 heteroatoms. The molecule has 2 fully saturated rings. The summed E-state index contributed by atoms with van der Waals surface area (Å²) in [4.78, 5) is 28.1. The fourth-order valence-corrected chi connectivity index (χ4v) is 4.61. The monoisotopic (exact) mass is 509 g/mol. The van der Waals surface area contributed by atoms with Crippen LogP contribution in [0.25, 0.3) is 0 Å². The molecule has 1 saturated carbocycles. The van der Waals surface area contributed by atoms with Gasteiger partial charge in [-0.05, 0) is 55.0 Å². The summed E-state index contributed by atoms with van der Waals surface area (Å²) >= 11 is 0. The van der Waals surface area contributed by atoms with Gasteiger partial charge in [-0.3, -0.25) is 14.5 Å². The molecule has 1 saturated heterocycles. The van der Waals surface area contributed by atoms with E-state index in [-0.39, 0.29) is 30.6 Å². The van der Waals surface area contributed by atoms with E-state index in [2.05, 4.69) is 15.5 Å². The lowest BCUT2D eigenvalue weighted by atomic mass is 10.1. The van der Waals surface area contributed by atoms with Crippen LogP contribution in [-0.2, 0) is 16.1 Å². The number of methoxy groups -OCH3 is 1. The van der Waals surface area contributed by atoms with Gasteiger partial charge in [0.25, 0.3) is 11.8 Å². The number of fused-ring (bicyclic) bond motifs is 7. The summed E-state index contributed by atoms with van der Waals surface area (Å²) in [6, 6.07) is 12.6. The number of hydrogen-bond donors (Lipinski definition) is 2. The topological polar surface area (TPSA) is 98.4 Å². The second-order valence-corrected chi connectivity index (χ2v) is 10.00. The fraction of sp³-hybridized carbons (Fsp3) is 0.500. The van der Waals surface area contributed by atoms with Gasteiger partial charge in [0.05, 0.1) is 12.6 Å². The van der Waals surface area contributed by atoms with Crippen molar-refractivity contribution in [2.24, 2.45) is 5.92 Å². The largest absolute Gasteiger partial charge is 0.493 e. The van der Waals surface area contributed by atoms with E-state index < -0.39 is 0 Å². The van der Waals surface area contributed by atoms with Gasteiger partial charge in [0.2, 0.25) is 0 Å². The molecular weight excluding hydrogens is 474 g/mol. The van der Waals surface area contributed by atoms with Gasteiger partial charge in [0.15, 0.2) is 6.61 Å². The Labute approximate surface area is 217 Å². The van der Waals surface area contributed by atoms with Crippen LogP contribution < -0.4 is 24.8 Å². The van der Waals surface area contributed by atoms with Crippen LogP contribution in [0.4, 0.5) is 0 Å². The highest BCUT2D eigenvalue weighted by atomic mass is 16.5. The summed E-state index contributed by atoms with van der Waals surface area (Å²) in [6.07, 6.45) is 3.02. The maximum absolute atomic E-state index is 13.4. The average molecular weight is 510 g/mol. The number of hydrogen-bond acceptors (Lipinski definition) is 7. The summed E-state index contributed by atoms with van der Waals surface area (Å²) in [5, 5.41) is 6.05. The van der Waals surface area contributed by atoms with Crippen LogP contribution >= 0.6 is 0 Å². The van der Waals surface area contributed by atoms with Crippen molar-refractivity contribution in [2.75, 3.05) is 46.6 Å². The molecule has 2 atom stereocenters. The first-order chi connectivity index (χ1) is 18.1. The van der Waals surface area contributed by atoms with Crippen molar-refractivity contribution >= 4 is 11.8 Å². The van der Waals surface area contributed by atoms with Crippen molar-refractivity contribution in [3.05, 3.63) is 53.6 Å². The third-order valence-corrected chi connectivity index (χ3v) is 6.88. The van der Waals surface area contributed by atoms with Crippen LogP contribution in [0.15, 0.2) is 42.5 Å². The Balaban J connectivity index is 1.39. The molecule has 0 radical (unpaired) electrons. The standard InChI is InChI=1S/C28H35N3O6/c1-34-10-2-9-31-15-25-26(16-31)37-22-7-5-19(6-8-22)14-29-27(32)18-36-24-12-21(28(33)30-25)11-23(13-24)35-17-20-3-4-20/h5-8,11-13,20,25-26H,2-4,9-10,14-18H2,1H3,(H,29,32)(H,30,33)/t25-,26-/m0/s1. The van der Waals surface area contributed by atoms with Crippen LogP contribution in [0.3, 0.4) is 0 Å². The summed E-state index contributed by atoms with van der Waals surface area (Å²) in [5.74, 6) is 1.79. The molecule has 4 bridgehead atoms. The van der Waals surface area contributed by atoms with Crippen LogP contribution in [-0.4, -0.2) is 75.4 Å². The number of nitrogens with one attached hydrogen (secondary N) is 2. The molecule has 9 nitrogen and oxygen atoms in total. The van der Waals surface area contributed by atoms with E-state index in [0.717, 1.165) is 37.1 Å². The van der Waals surface area contributed by atoms with E-state index in [1.54, 1.807) is 25.3 Å². The second kappa shape index (κ2) is 11.8. The summed E-state index contributed by atoms with van der Waals surface area (Å²) in [6.45, 7) is 3.77. The third-order valence-electron chi connectivity index (χ3n) is 6.88. The van der Waals surface area contributed by atoms with Gasteiger partial charge in [0.1, 0.15) is 23.4 Å². The van der Waals surface area contributed by atoms with Gasteiger partial charge in [-0.1, -0.05) is 12.1 Å². The Morgan fingerprint density at radius 3 is 2.68 bits per heavy atom. The fourth-order valence-electron chi connectivity index (χ4n) is 4.61. The van der Waals surface area contributed by atoms with Crippen LogP contribution in [0.5, 0.6) is 17.2 Å². The first kappa shape index (κ1) is 25.4. The average Bonchev–Trinajstić information content (AvgIpc) is 3.66. The van der Waals surface area contributed by atoms with Crippen molar-refractivity contribution in [2.45, 2.75) is 38.0 Å². The maximum atomic E-state index is 13.4. The third kappa shape index (κ3) is 7.14. The Hall–Kier alpha value is -3.30. The zero-order valence-electron chi connectivity index (χ0n) is 21.2. The molecule has 0 aromatic heterocycles. The molecular formula is C28H35N3O6. The number of amides is 2. The number of nitrogens with zero attached hydrogens (tertiary/aromatic N) is 1. The molecule has 0 unspecified atom stereocenters. The molecule has 6 rings (SSSR count). The van der Waals surface area contributed by atoms with Gasteiger partial charge in [-0.15, -0.1) is 0 Å². The first-order valence-electron chi connectivity index (χ1n) is 13.0. The van der Waals surface area contributed by atoms with Gasteiger partial charge in [0, 0.05) is 51.5 Å². The zero-order chi connectivity index (χ0) is 25.6. The van der Waals surface area contributed by atoms with Gasteiger partial charge in [-0.2, -0.15) is 0 Å². The van der Waals surface area contributed by atoms with Crippen LogP contribution in [0.2, 0.25) is 0 Å². The lowest BCUT2D eigenvalue weighted by Gasteiger charge is -2.22. The van der Waals surface area contributed by atoms with Crippen molar-refractivity contribution in [3.63, 3.8) is 0 Å². The smallest absolute Gasteiger partial charge is 0.258 e. The van der Waals surface area contributed by atoms with E-state index >= 15 is 0 Å². The maximum Gasteiger partial charge on any atom is 0.258 e. The minimum atomic E-state index is -0.247. The minimum Gasteiger partial charge on any atom is -0.493 e. The predicted octanol–water partition coefficient (Wildman–Crippen LogP) is 2.38. The molecule has 2 N–H and O–H groups in total. The highest BCUT2D eigenvalue weighted by Gasteiger charge is 2.35. The molecule has 3 aliphatic heterocycles. The SMILES string of the molecule is COCCCN1C[C@@H]2NC(=O)c3cc(cc(OCC4CC4)c3)OCC(=O)NCc3ccc(cc3)O[C@H]2C1. The van der Waals surface area contributed by atoms with Crippen molar-refractivity contribution in [1.82, 2.24) is 15.5 Å². The number of rotatable bonds is 7. The van der Waals surface area contributed by atoms with E-state index in [4.69, 9.17) is 18.9 Å². The van der Waals surface area contributed by atoms with Gasteiger partial charge >= 0.3 is 0 Å². The van der Waals surface area contributed by atoms with E-state index in [1.807, 2.05) is 24.3 Å². The summed E-state index contributed by atoms with van der Waals surface area (Å²) in [7, 11) is 1.70. The highest BCUT2D eigenvalue weighted by molar-refractivity contribution is 5.95. The zero-order valence-corrected chi connectivity index (χ0v) is 21.2. The molecule has 37 heavy (non-hydrogen) atoms. The van der Waals surface area contributed by atoms with Crippen LogP contribution in [0.1, 0.15) is 35.2 Å². The number of carbonyl (C=O) groups is 2. The number of carbonyl (C=O) groups excluding carboxylic acids is 2. The molecule has 3 heterocycles. The van der Waals surface area contributed by atoms with Crippen molar-refractivity contribution in [3.8, 4) is 17.2 Å². The van der Waals surface area contributed by atoms with Crippen LogP contribution in [0, 0.1) is 5.92 Å². The van der Waals surface area contributed by atoms with Gasteiger partial charge < -0.3 is 29.6 Å². The minimum absolute atomic E-state index is 0.157. The Kier molecular flexibility index (Phi) is 8.11. The number of benzene rings is 2. The molecule has 2 amide bonds. The molecule has 2 aromatic carbocycles. The van der Waals surface area contributed by atoms with E-state index in [0.29, 0.717) is 55.8 Å². The lowest BCUT2D eigenvalue weighted by molar-refractivity contribution is -0.123. The Bertz CT molecular complexity index is 1090. The van der Waals surface area contributed by atoms with Gasteiger partial charge in [-0.25, -0.2) is 0 Å². The molecule has 1 aliphatic carbocycles. The predicted molar refractivity (Wildman–Crippen MR) is 137 cm³/mol. The second-order valence-electron chi connectivity index (χ2n) is 10.00. The molecule has 198 valence electrons. The molecule has 2 aromatic rings. The number of likely N-dealkylation sites (tertiary alicyclic amines) is 1. The summed E-state index contributed by atoms with van der Waals surface area (Å²) < 4.78 is 23.3. The molecule has 0 spiro atoms. The normalized spacial score (nSPS) is 22.3. The van der Waals surface area contributed by atoms with E-state index in [9.17, 15) is 9.59 Å².